The second-order valence-corrected chi connectivity index (χ2v) is 4.99. The lowest BCUT2D eigenvalue weighted by Crippen LogP contribution is -2.34. The Morgan fingerprint density at radius 1 is 1.43 bits per heavy atom. The molecule has 1 heterocycles. The van der Waals surface area contributed by atoms with Crippen molar-refractivity contribution in [1.29, 1.82) is 0 Å². The van der Waals surface area contributed by atoms with Crippen molar-refractivity contribution in [3.63, 3.8) is 0 Å². The minimum absolute atomic E-state index is 0.0627. The van der Waals surface area contributed by atoms with Crippen molar-refractivity contribution in [2.75, 3.05) is 11.9 Å². The highest BCUT2D eigenvalue weighted by Gasteiger charge is 2.08. The van der Waals surface area contributed by atoms with Crippen LogP contribution in [0.1, 0.15) is 25.8 Å². The number of carbonyl (C=O) groups is 1. The molecule has 0 aliphatic carbocycles. The summed E-state index contributed by atoms with van der Waals surface area (Å²) in [5, 5.41) is 17.1. The number of nitrogens with zero attached hydrogens (tertiary/aromatic N) is 4. The lowest BCUT2D eigenvalue weighted by Gasteiger charge is -2.13. The Bertz CT molecular complexity index is 596. The lowest BCUT2D eigenvalue weighted by molar-refractivity contribution is -0.115. The molecule has 0 bridgehead atoms. The van der Waals surface area contributed by atoms with Crippen molar-refractivity contribution >= 4 is 11.6 Å². The number of rotatable bonds is 6. The molecule has 0 saturated heterocycles. The maximum Gasteiger partial charge on any atom is 0.238 e. The van der Waals surface area contributed by atoms with Crippen molar-refractivity contribution in [1.82, 2.24) is 25.5 Å². The predicted octanol–water partition coefficient (Wildman–Crippen LogP) is 1.30. The maximum absolute atomic E-state index is 12.0. The largest absolute Gasteiger partial charge is 0.325 e. The SMILES string of the molecule is CCC(C)NCC(=O)Nc1cc(-n2cnnn2)ccc1C. The average molecular weight is 288 g/mol. The standard InChI is InChI=1S/C14H20N6O/c1-4-11(3)15-8-14(21)17-13-7-12(6-5-10(13)2)20-9-16-18-19-20/h5-7,9,11,15H,4,8H2,1-3H3,(H,17,21). The van der Waals surface area contributed by atoms with Gasteiger partial charge in [-0.3, -0.25) is 4.79 Å². The molecule has 1 amide bonds. The zero-order valence-electron chi connectivity index (χ0n) is 12.5. The Labute approximate surface area is 123 Å². The molecule has 0 saturated carbocycles. The number of amides is 1. The number of anilines is 1. The van der Waals surface area contributed by atoms with Gasteiger partial charge in [0.25, 0.3) is 0 Å². The van der Waals surface area contributed by atoms with Crippen LogP contribution in [0.5, 0.6) is 0 Å². The van der Waals surface area contributed by atoms with Crippen molar-refractivity contribution in [3.05, 3.63) is 30.1 Å². The van der Waals surface area contributed by atoms with E-state index in [4.69, 9.17) is 0 Å². The predicted molar refractivity (Wildman–Crippen MR) is 80.3 cm³/mol. The van der Waals surface area contributed by atoms with E-state index in [2.05, 4.69) is 40.0 Å². The van der Waals surface area contributed by atoms with E-state index in [9.17, 15) is 4.79 Å². The zero-order valence-corrected chi connectivity index (χ0v) is 12.5. The van der Waals surface area contributed by atoms with Gasteiger partial charge in [-0.1, -0.05) is 13.0 Å². The highest BCUT2D eigenvalue weighted by atomic mass is 16.1. The highest BCUT2D eigenvalue weighted by Crippen LogP contribution is 2.18. The summed E-state index contributed by atoms with van der Waals surface area (Å²) in [5.41, 5.74) is 2.55. The molecule has 0 aliphatic rings. The van der Waals surface area contributed by atoms with E-state index in [-0.39, 0.29) is 5.91 Å². The fourth-order valence-electron chi connectivity index (χ4n) is 1.77. The smallest absolute Gasteiger partial charge is 0.238 e. The number of nitrogens with one attached hydrogen (secondary N) is 2. The molecule has 2 N–H and O–H groups in total. The number of tetrazole rings is 1. The Morgan fingerprint density at radius 2 is 2.24 bits per heavy atom. The number of hydrogen-bond donors (Lipinski definition) is 2. The Hall–Kier alpha value is -2.28. The summed E-state index contributed by atoms with van der Waals surface area (Å²) in [7, 11) is 0. The fourth-order valence-corrected chi connectivity index (χ4v) is 1.77. The summed E-state index contributed by atoms with van der Waals surface area (Å²) < 4.78 is 1.55. The summed E-state index contributed by atoms with van der Waals surface area (Å²) in [5.74, 6) is -0.0627. The van der Waals surface area contributed by atoms with Crippen molar-refractivity contribution in [2.45, 2.75) is 33.2 Å². The highest BCUT2D eigenvalue weighted by molar-refractivity contribution is 5.93. The molecular weight excluding hydrogens is 268 g/mol. The van der Waals surface area contributed by atoms with Gasteiger partial charge in [0.05, 0.1) is 12.2 Å². The van der Waals surface area contributed by atoms with Gasteiger partial charge in [0.1, 0.15) is 6.33 Å². The molecule has 1 aromatic heterocycles. The van der Waals surface area contributed by atoms with Crippen LogP contribution in [-0.2, 0) is 4.79 Å². The minimum Gasteiger partial charge on any atom is -0.325 e. The van der Waals surface area contributed by atoms with Crippen LogP contribution in [0.3, 0.4) is 0 Å². The van der Waals surface area contributed by atoms with E-state index in [1.165, 1.54) is 6.33 Å². The summed E-state index contributed by atoms with van der Waals surface area (Å²) in [4.78, 5) is 12.0. The zero-order chi connectivity index (χ0) is 15.2. The fraction of sp³-hybridized carbons (Fsp3) is 0.429. The molecule has 2 aromatic rings. The van der Waals surface area contributed by atoms with Gasteiger partial charge in [-0.2, -0.15) is 0 Å². The molecule has 1 aromatic carbocycles. The first-order chi connectivity index (χ1) is 10.1. The Morgan fingerprint density at radius 3 is 2.90 bits per heavy atom. The molecule has 1 unspecified atom stereocenters. The average Bonchev–Trinajstić information content (AvgIpc) is 3.01. The Kier molecular flexibility index (Phi) is 4.99. The molecule has 21 heavy (non-hydrogen) atoms. The first-order valence-electron chi connectivity index (χ1n) is 6.97. The van der Waals surface area contributed by atoms with Crippen molar-refractivity contribution in [3.8, 4) is 5.69 Å². The van der Waals surface area contributed by atoms with Crippen molar-refractivity contribution < 1.29 is 4.79 Å². The summed E-state index contributed by atoms with van der Waals surface area (Å²) in [6.45, 7) is 6.37. The van der Waals surface area contributed by atoms with Gasteiger partial charge in [-0.25, -0.2) is 4.68 Å². The van der Waals surface area contributed by atoms with Crippen molar-refractivity contribution in [2.24, 2.45) is 0 Å². The van der Waals surface area contributed by atoms with Crippen LogP contribution in [0.15, 0.2) is 24.5 Å². The molecule has 7 heteroatoms. The van der Waals surface area contributed by atoms with Gasteiger partial charge in [0.15, 0.2) is 0 Å². The number of aryl methyl sites for hydroxylation is 1. The number of carbonyl (C=O) groups excluding carboxylic acids is 1. The van der Waals surface area contributed by atoms with Gasteiger partial charge in [-0.15, -0.1) is 5.10 Å². The monoisotopic (exact) mass is 288 g/mol. The van der Waals surface area contributed by atoms with Crippen LogP contribution >= 0.6 is 0 Å². The molecule has 1 atom stereocenters. The second-order valence-electron chi connectivity index (χ2n) is 4.99. The molecule has 0 radical (unpaired) electrons. The van der Waals surface area contributed by atoms with Gasteiger partial charge < -0.3 is 10.6 Å². The number of hydrogen-bond acceptors (Lipinski definition) is 5. The normalized spacial score (nSPS) is 12.1. The van der Waals surface area contributed by atoms with Crippen LogP contribution in [0.4, 0.5) is 5.69 Å². The molecule has 112 valence electrons. The van der Waals surface area contributed by atoms with Gasteiger partial charge in [0.2, 0.25) is 5.91 Å². The van der Waals surface area contributed by atoms with Crippen LogP contribution in [0, 0.1) is 6.92 Å². The van der Waals surface area contributed by atoms with E-state index < -0.39 is 0 Å². The van der Waals surface area contributed by atoms with Gasteiger partial charge in [0, 0.05) is 11.7 Å². The van der Waals surface area contributed by atoms with Crippen LogP contribution in [0.25, 0.3) is 5.69 Å². The van der Waals surface area contributed by atoms with Gasteiger partial charge in [-0.05, 0) is 48.4 Å². The number of aromatic nitrogens is 4. The van der Waals surface area contributed by atoms with E-state index >= 15 is 0 Å². The van der Waals surface area contributed by atoms with Crippen LogP contribution in [0.2, 0.25) is 0 Å². The van der Waals surface area contributed by atoms with E-state index in [0.29, 0.717) is 12.6 Å². The molecular formula is C14H20N6O. The second kappa shape index (κ2) is 6.94. The maximum atomic E-state index is 12.0. The van der Waals surface area contributed by atoms with E-state index in [1.807, 2.05) is 25.1 Å². The molecule has 7 nitrogen and oxygen atoms in total. The Balaban J connectivity index is 2.05. The van der Waals surface area contributed by atoms with E-state index in [1.54, 1.807) is 4.68 Å². The molecule has 2 rings (SSSR count). The minimum atomic E-state index is -0.0627. The number of benzene rings is 1. The van der Waals surface area contributed by atoms with Gasteiger partial charge >= 0.3 is 0 Å². The van der Waals surface area contributed by atoms with Crippen LogP contribution < -0.4 is 10.6 Å². The summed E-state index contributed by atoms with van der Waals surface area (Å²) in [6.07, 6.45) is 2.50. The van der Waals surface area contributed by atoms with Crippen LogP contribution in [-0.4, -0.2) is 38.7 Å². The quantitative estimate of drug-likeness (QED) is 0.837. The third-order valence-corrected chi connectivity index (χ3v) is 3.33. The third-order valence-electron chi connectivity index (χ3n) is 3.33. The molecule has 0 spiro atoms. The summed E-state index contributed by atoms with van der Waals surface area (Å²) in [6, 6.07) is 6.00. The first kappa shape index (κ1) is 15.1. The third kappa shape index (κ3) is 4.09. The summed E-state index contributed by atoms with van der Waals surface area (Å²) >= 11 is 0. The molecule has 0 fully saturated rings. The lowest BCUT2D eigenvalue weighted by atomic mass is 10.1. The molecule has 0 aliphatic heterocycles. The first-order valence-corrected chi connectivity index (χ1v) is 6.97. The topological polar surface area (TPSA) is 84.7 Å². The van der Waals surface area contributed by atoms with E-state index in [0.717, 1.165) is 23.4 Å².